The van der Waals surface area contributed by atoms with Gasteiger partial charge in [-0.15, -0.1) is 12.8 Å². The van der Waals surface area contributed by atoms with Crippen LogP contribution < -0.4 is 16.0 Å². The van der Waals surface area contributed by atoms with Crippen LogP contribution in [0.1, 0.15) is 51.2 Å². The first kappa shape index (κ1) is 28.1. The molecule has 1 unspecified atom stereocenters. The summed E-state index contributed by atoms with van der Waals surface area (Å²) in [6.45, 7) is 11.6. The first-order chi connectivity index (χ1) is 15.0. The van der Waals surface area contributed by atoms with E-state index in [-0.39, 0.29) is 0 Å². The summed E-state index contributed by atoms with van der Waals surface area (Å²) in [5.41, 5.74) is 5.07. The van der Waals surface area contributed by atoms with E-state index in [1.165, 1.54) is 47.7 Å². The van der Waals surface area contributed by atoms with E-state index < -0.39 is 0 Å². The number of aromatic nitrogens is 2. The van der Waals surface area contributed by atoms with Gasteiger partial charge in [0.2, 0.25) is 6.41 Å². The summed E-state index contributed by atoms with van der Waals surface area (Å²) in [5, 5.41) is 9.07. The molecule has 3 rings (SSSR count). The molecule has 1 atom stereocenters. The minimum absolute atomic E-state index is 0.625. The van der Waals surface area contributed by atoms with Crippen LogP contribution in [-0.2, 0) is 4.79 Å². The van der Waals surface area contributed by atoms with Gasteiger partial charge in [-0.2, -0.15) is 8.75 Å². The van der Waals surface area contributed by atoms with Crippen molar-refractivity contribution in [2.45, 2.75) is 53.9 Å². The van der Waals surface area contributed by atoms with Crippen molar-refractivity contribution in [3.8, 4) is 12.8 Å². The minimum Gasteiger partial charge on any atom is -0.362 e. The van der Waals surface area contributed by atoms with Crippen molar-refractivity contribution < 1.29 is 4.79 Å². The quantitative estimate of drug-likeness (QED) is 0.303. The summed E-state index contributed by atoms with van der Waals surface area (Å²) in [5.74, 6) is 2.43. The number of benzene rings is 1. The predicted octanol–water partition coefficient (Wildman–Crippen LogP) is 5.69. The molecule has 1 aromatic carbocycles. The van der Waals surface area contributed by atoms with Crippen molar-refractivity contribution in [3.05, 3.63) is 41.0 Å². The van der Waals surface area contributed by atoms with E-state index in [0.29, 0.717) is 6.41 Å². The Morgan fingerprint density at radius 1 is 1.19 bits per heavy atom. The lowest BCUT2D eigenvalue weighted by atomic mass is 10.1. The normalized spacial score (nSPS) is 13.7. The van der Waals surface area contributed by atoms with Crippen LogP contribution in [0.5, 0.6) is 0 Å². The van der Waals surface area contributed by atoms with Gasteiger partial charge in [0.15, 0.2) is 11.6 Å². The van der Waals surface area contributed by atoms with E-state index in [1.54, 1.807) is 7.05 Å². The number of carbonyl (C=O) groups is 1. The first-order valence-corrected chi connectivity index (χ1v) is 11.2. The number of allylic oxidation sites excluding steroid dienone is 1. The molecule has 0 bridgehead atoms. The molecule has 170 valence electrons. The Kier molecular flexibility index (Phi) is 15.3. The van der Waals surface area contributed by atoms with Crippen molar-refractivity contribution >= 4 is 35.5 Å². The second-order valence-corrected chi connectivity index (χ2v) is 7.74. The molecule has 2 aromatic rings. The topological polar surface area (TPSA) is 78.9 Å². The highest BCUT2D eigenvalue weighted by Crippen LogP contribution is 2.28. The number of hydrogen-bond donors (Lipinski definition) is 3. The SMILES string of the molecule is C#C.CCC.CNC=O.Cc1cccc(Nc2nsnc2NCC2=CCC(C)C2)c1C. The zero-order valence-electron chi connectivity index (χ0n) is 19.7. The van der Waals surface area contributed by atoms with Crippen molar-refractivity contribution in [1.82, 2.24) is 14.1 Å². The number of amides is 1. The van der Waals surface area contributed by atoms with Gasteiger partial charge < -0.3 is 16.0 Å². The lowest BCUT2D eigenvalue weighted by molar-refractivity contribution is -0.109. The number of terminal acetylenes is 1. The highest BCUT2D eigenvalue weighted by Gasteiger charge is 2.14. The molecule has 3 N–H and O–H groups in total. The van der Waals surface area contributed by atoms with E-state index in [2.05, 4.69) is 96.4 Å². The minimum atomic E-state index is 0.625. The van der Waals surface area contributed by atoms with Gasteiger partial charge in [0, 0.05) is 19.3 Å². The zero-order valence-corrected chi connectivity index (χ0v) is 20.5. The molecular weight excluding hydrogens is 406 g/mol. The Morgan fingerprint density at radius 2 is 1.81 bits per heavy atom. The Hall–Kier alpha value is -2.85. The average molecular weight is 444 g/mol. The molecule has 1 amide bonds. The third-order valence-corrected chi connectivity index (χ3v) is 4.89. The van der Waals surface area contributed by atoms with Gasteiger partial charge in [-0.05, 0) is 49.8 Å². The lowest BCUT2D eigenvalue weighted by Gasteiger charge is -2.11. The van der Waals surface area contributed by atoms with E-state index in [4.69, 9.17) is 4.79 Å². The van der Waals surface area contributed by atoms with Gasteiger partial charge in [-0.1, -0.05) is 51.0 Å². The summed E-state index contributed by atoms with van der Waals surface area (Å²) in [6, 6.07) is 6.25. The largest absolute Gasteiger partial charge is 0.362 e. The summed E-state index contributed by atoms with van der Waals surface area (Å²) >= 11 is 1.23. The lowest BCUT2D eigenvalue weighted by Crippen LogP contribution is -2.07. The van der Waals surface area contributed by atoms with Crippen molar-refractivity contribution in [2.24, 2.45) is 5.92 Å². The number of rotatable bonds is 6. The summed E-state index contributed by atoms with van der Waals surface area (Å²) in [4.78, 5) is 9.06. The molecule has 31 heavy (non-hydrogen) atoms. The second kappa shape index (κ2) is 16.9. The molecule has 0 spiro atoms. The Bertz CT molecular complexity index is 813. The van der Waals surface area contributed by atoms with Gasteiger partial charge in [0.1, 0.15) is 0 Å². The number of nitrogens with one attached hydrogen (secondary N) is 3. The van der Waals surface area contributed by atoms with Crippen LogP contribution in [0.15, 0.2) is 29.8 Å². The van der Waals surface area contributed by atoms with Crippen LogP contribution >= 0.6 is 11.7 Å². The van der Waals surface area contributed by atoms with Crippen LogP contribution in [-0.4, -0.2) is 28.7 Å². The van der Waals surface area contributed by atoms with Gasteiger partial charge >= 0.3 is 0 Å². The highest BCUT2D eigenvalue weighted by molar-refractivity contribution is 6.99. The Balaban J connectivity index is 0.000000865. The molecule has 6 nitrogen and oxygen atoms in total. The van der Waals surface area contributed by atoms with Gasteiger partial charge in [0.25, 0.3) is 0 Å². The standard InChI is InChI=1S/C17H22N4S.C3H8.C2H5NO.C2H2/c1-11-7-8-14(9-11)10-18-16-17(21-22-20-16)19-15-6-4-5-12(2)13(15)3;1-3-2;1-3-2-4;1-2/h4-6,8,11H,7,9-10H2,1-3H3,(H,18,20)(H,19,21);3H2,1-2H3;2H,1H3,(H,3,4);1-2H. The predicted molar refractivity (Wildman–Crippen MR) is 135 cm³/mol. The third kappa shape index (κ3) is 10.7. The second-order valence-electron chi connectivity index (χ2n) is 7.21. The van der Waals surface area contributed by atoms with Crippen molar-refractivity contribution in [1.29, 1.82) is 0 Å². The molecule has 1 aliphatic carbocycles. The van der Waals surface area contributed by atoms with E-state index >= 15 is 0 Å². The van der Waals surface area contributed by atoms with E-state index in [1.807, 2.05) is 0 Å². The summed E-state index contributed by atoms with van der Waals surface area (Å²) in [6.07, 6.45) is 14.6. The fraction of sp³-hybridized carbons (Fsp3) is 0.458. The molecule has 0 aliphatic heterocycles. The molecule has 0 saturated carbocycles. The van der Waals surface area contributed by atoms with Crippen LogP contribution in [0, 0.1) is 32.6 Å². The number of carbonyl (C=O) groups excluding carboxylic acids is 1. The molecule has 0 fully saturated rings. The summed E-state index contributed by atoms with van der Waals surface area (Å²) < 4.78 is 8.75. The molecule has 1 aromatic heterocycles. The van der Waals surface area contributed by atoms with Crippen LogP contribution in [0.25, 0.3) is 0 Å². The highest BCUT2D eigenvalue weighted by atomic mass is 32.1. The molecule has 0 saturated heterocycles. The smallest absolute Gasteiger partial charge is 0.206 e. The maximum Gasteiger partial charge on any atom is 0.206 e. The van der Waals surface area contributed by atoms with Crippen LogP contribution in [0.2, 0.25) is 0 Å². The maximum atomic E-state index is 9.06. The first-order valence-electron chi connectivity index (χ1n) is 10.5. The summed E-state index contributed by atoms with van der Waals surface area (Å²) in [7, 11) is 1.56. The Morgan fingerprint density at radius 3 is 2.35 bits per heavy atom. The van der Waals surface area contributed by atoms with Crippen LogP contribution in [0.3, 0.4) is 0 Å². The third-order valence-electron chi connectivity index (χ3n) is 4.37. The van der Waals surface area contributed by atoms with E-state index in [9.17, 15) is 0 Å². The molecule has 7 heteroatoms. The molecular formula is C24H37N5OS. The molecule has 1 aliphatic rings. The fourth-order valence-electron chi connectivity index (χ4n) is 2.72. The number of hydrogen-bond acceptors (Lipinski definition) is 6. The van der Waals surface area contributed by atoms with Gasteiger partial charge in [-0.3, -0.25) is 4.79 Å². The van der Waals surface area contributed by atoms with E-state index in [0.717, 1.165) is 29.8 Å². The van der Waals surface area contributed by atoms with Crippen LogP contribution in [0.4, 0.5) is 17.3 Å². The number of anilines is 3. The number of nitrogens with zero attached hydrogens (tertiary/aromatic N) is 2. The van der Waals surface area contributed by atoms with Crippen molar-refractivity contribution in [3.63, 3.8) is 0 Å². The maximum absolute atomic E-state index is 9.06. The Labute approximate surface area is 192 Å². The molecule has 1 heterocycles. The molecule has 0 radical (unpaired) electrons. The van der Waals surface area contributed by atoms with Crippen molar-refractivity contribution in [2.75, 3.05) is 24.2 Å². The average Bonchev–Trinajstić information content (AvgIpc) is 3.40. The van der Waals surface area contributed by atoms with Gasteiger partial charge in [0.05, 0.1) is 11.7 Å². The number of aryl methyl sites for hydroxylation is 1. The fourth-order valence-corrected chi connectivity index (χ4v) is 3.21. The zero-order chi connectivity index (χ0) is 23.6. The van der Waals surface area contributed by atoms with Gasteiger partial charge in [-0.25, -0.2) is 0 Å². The monoisotopic (exact) mass is 443 g/mol.